The van der Waals surface area contributed by atoms with Gasteiger partial charge in [-0.05, 0) is 42.7 Å². The molecule has 0 amide bonds. The van der Waals surface area contributed by atoms with Gasteiger partial charge in [0.05, 0.1) is 17.7 Å². The third kappa shape index (κ3) is 2.13. The van der Waals surface area contributed by atoms with Crippen molar-refractivity contribution in [1.29, 1.82) is 5.26 Å². The molecule has 2 aliphatic rings. The van der Waals surface area contributed by atoms with Gasteiger partial charge in [-0.15, -0.1) is 0 Å². The molecule has 4 rings (SSSR count). The average Bonchev–Trinajstić information content (AvgIpc) is 3.23. The second-order valence-electron chi connectivity index (χ2n) is 5.48. The number of rotatable bonds is 2. The second-order valence-corrected chi connectivity index (χ2v) is 5.48. The lowest BCUT2D eigenvalue weighted by Crippen LogP contribution is -2.23. The number of anilines is 1. The molecular formula is C17H15N3O2. The van der Waals surface area contributed by atoms with Gasteiger partial charge in [0.15, 0.2) is 11.5 Å². The van der Waals surface area contributed by atoms with E-state index >= 15 is 0 Å². The topological polar surface area (TPSA) is 58.4 Å². The quantitative estimate of drug-likeness (QED) is 0.852. The number of nitrogens with zero attached hydrogens (tertiary/aromatic N) is 3. The van der Waals surface area contributed by atoms with E-state index in [4.69, 9.17) is 14.7 Å². The fourth-order valence-electron chi connectivity index (χ4n) is 3.15. The molecule has 1 unspecified atom stereocenters. The highest BCUT2D eigenvalue weighted by molar-refractivity contribution is 5.51. The van der Waals surface area contributed by atoms with Crippen LogP contribution in [-0.2, 0) is 0 Å². The summed E-state index contributed by atoms with van der Waals surface area (Å²) in [4.78, 5) is 6.70. The van der Waals surface area contributed by atoms with Gasteiger partial charge in [-0.1, -0.05) is 6.07 Å². The molecule has 1 aromatic heterocycles. The third-order valence-corrected chi connectivity index (χ3v) is 4.20. The molecule has 1 saturated heterocycles. The monoisotopic (exact) mass is 293 g/mol. The molecule has 2 aliphatic heterocycles. The Morgan fingerprint density at radius 2 is 2.09 bits per heavy atom. The Balaban J connectivity index is 1.67. The Morgan fingerprint density at radius 1 is 1.18 bits per heavy atom. The number of benzene rings is 1. The Labute approximate surface area is 128 Å². The van der Waals surface area contributed by atoms with E-state index in [9.17, 15) is 0 Å². The van der Waals surface area contributed by atoms with E-state index in [1.807, 2.05) is 12.1 Å². The summed E-state index contributed by atoms with van der Waals surface area (Å²) in [5, 5.41) is 9.07. The van der Waals surface area contributed by atoms with Crippen LogP contribution in [-0.4, -0.2) is 18.3 Å². The third-order valence-electron chi connectivity index (χ3n) is 4.20. The van der Waals surface area contributed by atoms with Gasteiger partial charge in [0.1, 0.15) is 5.82 Å². The highest BCUT2D eigenvalue weighted by atomic mass is 16.7. The normalized spacial score (nSPS) is 19.2. The van der Waals surface area contributed by atoms with Crippen LogP contribution < -0.4 is 14.4 Å². The summed E-state index contributed by atoms with van der Waals surface area (Å²) in [7, 11) is 0. The minimum Gasteiger partial charge on any atom is -0.454 e. The predicted octanol–water partition coefficient (Wildman–Crippen LogP) is 3.02. The van der Waals surface area contributed by atoms with Crippen molar-refractivity contribution in [1.82, 2.24) is 4.98 Å². The molecule has 1 atom stereocenters. The molecule has 0 saturated carbocycles. The molecule has 110 valence electrons. The van der Waals surface area contributed by atoms with Crippen LogP contribution in [0.3, 0.4) is 0 Å². The molecule has 0 aliphatic carbocycles. The van der Waals surface area contributed by atoms with E-state index in [-0.39, 0.29) is 6.04 Å². The van der Waals surface area contributed by atoms with Gasteiger partial charge in [-0.2, -0.15) is 5.26 Å². The van der Waals surface area contributed by atoms with Crippen molar-refractivity contribution >= 4 is 5.82 Å². The molecule has 1 fully saturated rings. The molecule has 0 bridgehead atoms. The molecule has 0 N–H and O–H groups in total. The number of pyridine rings is 1. The van der Waals surface area contributed by atoms with E-state index in [1.165, 1.54) is 5.56 Å². The van der Waals surface area contributed by atoms with Crippen LogP contribution in [0.1, 0.15) is 30.0 Å². The Bertz CT molecular complexity index is 754. The zero-order chi connectivity index (χ0) is 14.9. The minimum absolute atomic E-state index is 0.260. The van der Waals surface area contributed by atoms with Gasteiger partial charge in [0, 0.05) is 12.7 Å². The standard InChI is InChI=1S/C17H15N3O2/c18-10-12-5-6-19-17(8-12)20-7-1-2-14(20)13-3-4-15-16(9-13)22-11-21-15/h3-6,8-9,14H,1-2,7,11H2. The van der Waals surface area contributed by atoms with Gasteiger partial charge in [-0.3, -0.25) is 0 Å². The lowest BCUT2D eigenvalue weighted by Gasteiger charge is -2.26. The van der Waals surface area contributed by atoms with Gasteiger partial charge in [-0.25, -0.2) is 4.98 Å². The maximum Gasteiger partial charge on any atom is 0.231 e. The van der Waals surface area contributed by atoms with E-state index in [1.54, 1.807) is 12.3 Å². The highest BCUT2D eigenvalue weighted by Gasteiger charge is 2.28. The second kappa shape index (κ2) is 5.23. The summed E-state index contributed by atoms with van der Waals surface area (Å²) in [6.07, 6.45) is 3.87. The maximum atomic E-state index is 9.07. The van der Waals surface area contributed by atoms with Crippen molar-refractivity contribution in [3.8, 4) is 17.6 Å². The van der Waals surface area contributed by atoms with E-state index in [0.717, 1.165) is 36.7 Å². The molecule has 5 nitrogen and oxygen atoms in total. The maximum absolute atomic E-state index is 9.07. The highest BCUT2D eigenvalue weighted by Crippen LogP contribution is 2.40. The fourth-order valence-corrected chi connectivity index (χ4v) is 3.15. The smallest absolute Gasteiger partial charge is 0.231 e. The average molecular weight is 293 g/mol. The Kier molecular flexibility index (Phi) is 3.08. The summed E-state index contributed by atoms with van der Waals surface area (Å²) in [6, 6.07) is 12.1. The summed E-state index contributed by atoms with van der Waals surface area (Å²) >= 11 is 0. The van der Waals surface area contributed by atoms with Gasteiger partial charge in [0.25, 0.3) is 0 Å². The van der Waals surface area contributed by atoms with Crippen molar-refractivity contribution in [3.05, 3.63) is 47.7 Å². The molecule has 5 heteroatoms. The van der Waals surface area contributed by atoms with Crippen molar-refractivity contribution in [3.63, 3.8) is 0 Å². The summed E-state index contributed by atoms with van der Waals surface area (Å²) < 4.78 is 10.9. The van der Waals surface area contributed by atoms with Gasteiger partial charge >= 0.3 is 0 Å². The first-order valence-corrected chi connectivity index (χ1v) is 7.37. The van der Waals surface area contributed by atoms with Crippen molar-refractivity contribution in [2.75, 3.05) is 18.2 Å². The summed E-state index contributed by atoms with van der Waals surface area (Å²) in [5.74, 6) is 2.47. The number of nitriles is 1. The van der Waals surface area contributed by atoms with Crippen molar-refractivity contribution in [2.45, 2.75) is 18.9 Å². The molecule has 3 heterocycles. The van der Waals surface area contributed by atoms with E-state index in [2.05, 4.69) is 28.1 Å². The van der Waals surface area contributed by atoms with Crippen molar-refractivity contribution < 1.29 is 9.47 Å². The molecule has 1 aromatic carbocycles. The molecule has 2 aromatic rings. The number of hydrogen-bond donors (Lipinski definition) is 0. The lowest BCUT2D eigenvalue weighted by molar-refractivity contribution is 0.174. The minimum atomic E-state index is 0.260. The van der Waals surface area contributed by atoms with Gasteiger partial charge < -0.3 is 14.4 Å². The van der Waals surface area contributed by atoms with Crippen LogP contribution in [0.4, 0.5) is 5.82 Å². The fraction of sp³-hybridized carbons (Fsp3) is 0.294. The molecule has 0 spiro atoms. The first kappa shape index (κ1) is 13.0. The van der Waals surface area contributed by atoms with Crippen LogP contribution in [0.5, 0.6) is 11.5 Å². The first-order chi connectivity index (χ1) is 10.8. The van der Waals surface area contributed by atoms with Gasteiger partial charge in [0.2, 0.25) is 6.79 Å². The van der Waals surface area contributed by atoms with Crippen LogP contribution in [0.25, 0.3) is 0 Å². The largest absolute Gasteiger partial charge is 0.454 e. The Hall–Kier alpha value is -2.74. The Morgan fingerprint density at radius 3 is 3.00 bits per heavy atom. The van der Waals surface area contributed by atoms with Crippen LogP contribution in [0.2, 0.25) is 0 Å². The number of ether oxygens (including phenoxy) is 2. The first-order valence-electron chi connectivity index (χ1n) is 7.37. The summed E-state index contributed by atoms with van der Waals surface area (Å²) in [6.45, 7) is 1.24. The predicted molar refractivity (Wildman–Crippen MR) is 80.8 cm³/mol. The van der Waals surface area contributed by atoms with Crippen LogP contribution >= 0.6 is 0 Å². The van der Waals surface area contributed by atoms with Crippen molar-refractivity contribution in [2.24, 2.45) is 0 Å². The summed E-state index contributed by atoms with van der Waals surface area (Å²) in [5.41, 5.74) is 1.84. The molecule has 22 heavy (non-hydrogen) atoms. The van der Waals surface area contributed by atoms with Crippen LogP contribution in [0, 0.1) is 11.3 Å². The molecule has 0 radical (unpaired) electrons. The van der Waals surface area contributed by atoms with Crippen LogP contribution in [0.15, 0.2) is 36.5 Å². The zero-order valence-electron chi connectivity index (χ0n) is 12.0. The number of aromatic nitrogens is 1. The SMILES string of the molecule is N#Cc1ccnc(N2CCCC2c2ccc3c(c2)OCO3)c1. The number of hydrogen-bond acceptors (Lipinski definition) is 5. The lowest BCUT2D eigenvalue weighted by atomic mass is 10.0. The zero-order valence-corrected chi connectivity index (χ0v) is 12.0. The molecular weight excluding hydrogens is 278 g/mol. The number of fused-ring (bicyclic) bond motifs is 1. The van der Waals surface area contributed by atoms with E-state index < -0.39 is 0 Å². The van der Waals surface area contributed by atoms with E-state index in [0.29, 0.717) is 12.4 Å².